The molecule has 0 unspecified atom stereocenters. The van der Waals surface area contributed by atoms with Gasteiger partial charge in [-0.3, -0.25) is 4.79 Å². The van der Waals surface area contributed by atoms with Crippen molar-refractivity contribution in [2.75, 3.05) is 11.9 Å². The molecule has 116 valence electrons. The third kappa shape index (κ3) is 4.29. The van der Waals surface area contributed by atoms with E-state index >= 15 is 0 Å². The van der Waals surface area contributed by atoms with Crippen LogP contribution in [0.2, 0.25) is 15.1 Å². The van der Waals surface area contributed by atoms with Crippen molar-refractivity contribution >= 4 is 46.4 Å². The molecule has 3 nitrogen and oxygen atoms in total. The molecule has 1 N–H and O–H groups in total. The molecule has 0 aromatic heterocycles. The third-order valence-corrected chi connectivity index (χ3v) is 3.90. The Bertz CT molecular complexity index is 694. The first kappa shape index (κ1) is 16.9. The van der Waals surface area contributed by atoms with Crippen LogP contribution >= 0.6 is 34.8 Å². The van der Waals surface area contributed by atoms with Crippen molar-refractivity contribution in [2.45, 2.75) is 13.8 Å². The van der Waals surface area contributed by atoms with Gasteiger partial charge in [-0.2, -0.15) is 0 Å². The summed E-state index contributed by atoms with van der Waals surface area (Å²) in [5.74, 6) is 0.147. The van der Waals surface area contributed by atoms with E-state index in [1.807, 2.05) is 19.9 Å². The Labute approximate surface area is 144 Å². The number of carbonyl (C=O) groups is 1. The minimum atomic E-state index is -0.301. The lowest BCUT2D eigenvalue weighted by Crippen LogP contribution is -2.20. The number of anilines is 1. The van der Waals surface area contributed by atoms with Gasteiger partial charge in [0.25, 0.3) is 5.91 Å². The third-order valence-electron chi connectivity index (χ3n) is 3.00. The van der Waals surface area contributed by atoms with Crippen LogP contribution in [0.15, 0.2) is 30.3 Å². The molecule has 0 aliphatic rings. The molecule has 0 fully saturated rings. The molecule has 0 aliphatic heterocycles. The molecule has 0 heterocycles. The average Bonchev–Trinajstić information content (AvgIpc) is 2.41. The summed E-state index contributed by atoms with van der Waals surface area (Å²) in [7, 11) is 0. The number of halogens is 3. The van der Waals surface area contributed by atoms with Gasteiger partial charge in [0, 0.05) is 15.7 Å². The molecule has 1 amide bonds. The number of hydrogen-bond donors (Lipinski definition) is 1. The van der Waals surface area contributed by atoms with Gasteiger partial charge in [-0.1, -0.05) is 40.9 Å². The van der Waals surface area contributed by atoms with Gasteiger partial charge in [0.1, 0.15) is 5.75 Å². The second-order valence-electron chi connectivity index (χ2n) is 4.83. The summed E-state index contributed by atoms with van der Waals surface area (Å²) < 4.78 is 5.47. The summed E-state index contributed by atoms with van der Waals surface area (Å²) in [5.41, 5.74) is 2.33. The van der Waals surface area contributed by atoms with Gasteiger partial charge in [-0.05, 0) is 49.2 Å². The molecular weight excluding hydrogens is 345 g/mol. The first-order chi connectivity index (χ1) is 10.4. The van der Waals surface area contributed by atoms with Crippen LogP contribution in [0.25, 0.3) is 0 Å². The predicted molar refractivity (Wildman–Crippen MR) is 91.5 cm³/mol. The van der Waals surface area contributed by atoms with Crippen molar-refractivity contribution in [1.82, 2.24) is 0 Å². The minimum Gasteiger partial charge on any atom is -0.482 e. The van der Waals surface area contributed by atoms with Crippen LogP contribution < -0.4 is 10.1 Å². The zero-order valence-electron chi connectivity index (χ0n) is 12.0. The largest absolute Gasteiger partial charge is 0.482 e. The zero-order chi connectivity index (χ0) is 16.3. The number of nitrogens with one attached hydrogen (secondary N) is 1. The number of carbonyl (C=O) groups excluding carboxylic acids is 1. The lowest BCUT2D eigenvalue weighted by Gasteiger charge is -2.12. The Morgan fingerprint density at radius 1 is 1.05 bits per heavy atom. The van der Waals surface area contributed by atoms with E-state index in [0.717, 1.165) is 11.1 Å². The van der Waals surface area contributed by atoms with Crippen LogP contribution in [0.1, 0.15) is 11.1 Å². The van der Waals surface area contributed by atoms with E-state index in [1.54, 1.807) is 24.3 Å². The number of aryl methyl sites for hydroxylation is 2. The van der Waals surface area contributed by atoms with E-state index in [4.69, 9.17) is 39.5 Å². The van der Waals surface area contributed by atoms with Gasteiger partial charge >= 0.3 is 0 Å². The summed E-state index contributed by atoms with van der Waals surface area (Å²) in [6, 6.07) is 8.59. The molecule has 6 heteroatoms. The molecule has 22 heavy (non-hydrogen) atoms. The van der Waals surface area contributed by atoms with Crippen LogP contribution in [0.5, 0.6) is 5.75 Å². The SMILES string of the molecule is Cc1ccc(NC(=O)COc2c(C)cc(Cl)cc2Cl)cc1Cl. The molecule has 0 bridgehead atoms. The first-order valence-electron chi connectivity index (χ1n) is 6.51. The Morgan fingerprint density at radius 3 is 2.41 bits per heavy atom. The number of amides is 1. The zero-order valence-corrected chi connectivity index (χ0v) is 14.3. The number of rotatable bonds is 4. The summed E-state index contributed by atoms with van der Waals surface area (Å²) in [5, 5.41) is 4.20. The smallest absolute Gasteiger partial charge is 0.262 e. The highest BCUT2D eigenvalue weighted by Crippen LogP contribution is 2.31. The maximum Gasteiger partial charge on any atom is 0.262 e. The van der Waals surface area contributed by atoms with Gasteiger partial charge in [-0.25, -0.2) is 0 Å². The molecule has 2 rings (SSSR count). The van der Waals surface area contributed by atoms with E-state index < -0.39 is 0 Å². The van der Waals surface area contributed by atoms with Gasteiger partial charge in [0.05, 0.1) is 5.02 Å². The van der Waals surface area contributed by atoms with Crippen molar-refractivity contribution < 1.29 is 9.53 Å². The van der Waals surface area contributed by atoms with E-state index in [2.05, 4.69) is 5.32 Å². The van der Waals surface area contributed by atoms with Gasteiger partial charge in [0.15, 0.2) is 6.61 Å². The highest BCUT2D eigenvalue weighted by atomic mass is 35.5. The second-order valence-corrected chi connectivity index (χ2v) is 6.09. The molecule has 0 atom stereocenters. The molecule has 0 saturated heterocycles. The second kappa shape index (κ2) is 7.23. The molecule has 2 aromatic rings. The minimum absolute atomic E-state index is 0.159. The van der Waals surface area contributed by atoms with Gasteiger partial charge < -0.3 is 10.1 Å². The molecule has 0 radical (unpaired) electrons. The van der Waals surface area contributed by atoms with E-state index in [-0.39, 0.29) is 12.5 Å². The fourth-order valence-electron chi connectivity index (χ4n) is 1.88. The van der Waals surface area contributed by atoms with Crippen LogP contribution in [-0.2, 0) is 4.79 Å². The molecule has 2 aromatic carbocycles. The van der Waals surface area contributed by atoms with E-state index in [0.29, 0.717) is 26.5 Å². The topological polar surface area (TPSA) is 38.3 Å². The quantitative estimate of drug-likeness (QED) is 0.807. The van der Waals surface area contributed by atoms with Gasteiger partial charge in [-0.15, -0.1) is 0 Å². The summed E-state index contributed by atoms with van der Waals surface area (Å²) in [6.45, 7) is 3.54. The number of ether oxygens (including phenoxy) is 1. The summed E-state index contributed by atoms with van der Waals surface area (Å²) in [6.07, 6.45) is 0. The Morgan fingerprint density at radius 2 is 1.77 bits per heavy atom. The van der Waals surface area contributed by atoms with E-state index in [1.165, 1.54) is 0 Å². The Balaban J connectivity index is 2.00. The van der Waals surface area contributed by atoms with Crippen LogP contribution in [-0.4, -0.2) is 12.5 Å². The highest BCUT2D eigenvalue weighted by Gasteiger charge is 2.10. The van der Waals surface area contributed by atoms with Crippen molar-refractivity contribution in [3.8, 4) is 5.75 Å². The monoisotopic (exact) mass is 357 g/mol. The first-order valence-corrected chi connectivity index (χ1v) is 7.64. The fourth-order valence-corrected chi connectivity index (χ4v) is 2.71. The molecular formula is C16H14Cl3NO2. The lowest BCUT2D eigenvalue weighted by atomic mass is 10.2. The van der Waals surface area contributed by atoms with Crippen molar-refractivity contribution in [1.29, 1.82) is 0 Å². The van der Waals surface area contributed by atoms with E-state index in [9.17, 15) is 4.79 Å². The lowest BCUT2D eigenvalue weighted by molar-refractivity contribution is -0.118. The number of benzene rings is 2. The predicted octanol–water partition coefficient (Wildman–Crippen LogP) is 5.28. The van der Waals surface area contributed by atoms with Crippen molar-refractivity contribution in [3.05, 3.63) is 56.5 Å². The van der Waals surface area contributed by atoms with Crippen LogP contribution in [0.4, 0.5) is 5.69 Å². The van der Waals surface area contributed by atoms with Crippen LogP contribution in [0, 0.1) is 13.8 Å². The summed E-state index contributed by atoms with van der Waals surface area (Å²) in [4.78, 5) is 11.9. The maximum absolute atomic E-state index is 11.9. The molecule has 0 aliphatic carbocycles. The number of hydrogen-bond acceptors (Lipinski definition) is 2. The van der Waals surface area contributed by atoms with Crippen molar-refractivity contribution in [3.63, 3.8) is 0 Å². The fraction of sp³-hybridized carbons (Fsp3) is 0.188. The average molecular weight is 359 g/mol. The summed E-state index contributed by atoms with van der Waals surface area (Å²) >= 11 is 18.0. The maximum atomic E-state index is 11.9. The highest BCUT2D eigenvalue weighted by molar-refractivity contribution is 6.35. The van der Waals surface area contributed by atoms with Gasteiger partial charge in [0.2, 0.25) is 0 Å². The Hall–Kier alpha value is -1.42. The molecule has 0 spiro atoms. The van der Waals surface area contributed by atoms with Crippen LogP contribution in [0.3, 0.4) is 0 Å². The standard InChI is InChI=1S/C16H14Cl3NO2/c1-9-3-4-12(7-13(9)18)20-15(21)8-22-16-10(2)5-11(17)6-14(16)19/h3-7H,8H2,1-2H3,(H,20,21). The Kier molecular flexibility index (Phi) is 5.57. The normalized spacial score (nSPS) is 10.4. The van der Waals surface area contributed by atoms with Crippen molar-refractivity contribution in [2.24, 2.45) is 0 Å². The molecule has 0 saturated carbocycles.